The summed E-state index contributed by atoms with van der Waals surface area (Å²) in [5.74, 6) is -14.2. The number of ether oxygens (including phenoxy) is 24. The molecule has 52 nitrogen and oxygen atoms in total. The molecule has 8 heterocycles. The molecule has 0 N–H and O–H groups in total. The van der Waals surface area contributed by atoms with Crippen molar-refractivity contribution in [1.29, 1.82) is 0 Å². The third-order valence-corrected chi connectivity index (χ3v) is 17.9. The van der Waals surface area contributed by atoms with Gasteiger partial charge in [0.05, 0.1) is 56.6 Å². The van der Waals surface area contributed by atoms with E-state index in [0.29, 0.717) is 0 Å². The standard InChI is InChI=1S/C73H96N12O40/c1-33(86)106-21-53-61(110-37(5)90)69(118-45(13)98)65(114-41(9)94)57(122-53)49-17-82(78-74-49)29-102-25-73(26-103-30-83-18-50(75-79-83)58-66(115-42(10)95)70(119-46(14)99)62(111-38(6)91)54(123-58)22-107-34(2)87,27-104-31-84-19-51(76-80-84)59-67(116-43(11)96)71(120-47(15)100)63(112-39(7)92)55(124-59)23-108-35(3)88)28-105-32-85-20-52(77-81-85)60-68(117-44(12)97)72(121-48(16)101)64(113-40(8)93)56(125-60)24-109-36(4)89/h17-20,53-72H,21-32H2,1-16H3/t53-,54-,55-,56-,57-,58-,59-,60-,61-,62-,63-,64-,65-,66-,67-,68-,69+,70+,71+,72+/m1/s1. The SMILES string of the molecule is CC(=O)OC[C@H]1O[C@H](c2cn(COCC(COCn3cc([C@H]4O[C@H](COC(C)=O)[C@@H](OC(C)=O)[C@H](OC(C)=O)[C@@H]4OC(C)=O)nn3)(COCn3cc([C@H]4O[C@H](COC(C)=O)[C@@H](OC(C)=O)[C@H](OC(C)=O)[C@@H]4OC(C)=O)nn3)COCn3cc([C@H]4O[C@H](COC(C)=O)[C@@H](OC(C)=O)[C@H](OC(C)=O)[C@@H]4OC(C)=O)nn3)nn2)[C@@H](OC(C)=O)[C@@H](OC(C)=O)[C@@H]1OC(C)=O. The quantitative estimate of drug-likeness (QED) is 0.0351. The minimum absolute atomic E-state index is 0.129. The molecule has 0 bridgehead atoms. The molecule has 688 valence electrons. The molecule has 52 heteroatoms. The number of carbonyl (C=O) groups is 16. The Hall–Kier alpha value is -12.2. The van der Waals surface area contributed by atoms with Gasteiger partial charge in [-0.25, -0.2) is 18.7 Å². The lowest BCUT2D eigenvalue weighted by Crippen LogP contribution is -2.59. The molecule has 4 aliphatic rings. The van der Waals surface area contributed by atoms with E-state index in [0.717, 1.165) is 130 Å². The second-order valence-electron chi connectivity index (χ2n) is 28.6. The third kappa shape index (κ3) is 28.9. The van der Waals surface area contributed by atoms with Crippen molar-refractivity contribution >= 4 is 95.5 Å². The van der Waals surface area contributed by atoms with Gasteiger partial charge >= 0.3 is 95.5 Å². The molecule has 4 saturated heterocycles. The maximum Gasteiger partial charge on any atom is 0.303 e. The minimum Gasteiger partial charge on any atom is -0.463 e. The number of carbonyl (C=O) groups excluding carboxylic acids is 16. The Kier molecular flexibility index (Phi) is 35.7. The average Bonchev–Trinajstić information content (AvgIpc) is 1.77. The molecule has 0 aliphatic carbocycles. The fourth-order valence-electron chi connectivity index (χ4n) is 13.6. The molecule has 4 aliphatic heterocycles. The van der Waals surface area contributed by atoms with Crippen molar-refractivity contribution < 1.29 is 190 Å². The summed E-state index contributed by atoms with van der Waals surface area (Å²) in [4.78, 5) is 202. The fraction of sp³-hybridized carbons (Fsp3) is 0.671. The van der Waals surface area contributed by atoms with E-state index in [1.807, 2.05) is 0 Å². The van der Waals surface area contributed by atoms with E-state index in [-0.39, 0.29) is 22.8 Å². The summed E-state index contributed by atoms with van der Waals surface area (Å²) in [5, 5.41) is 33.9. The number of aromatic nitrogens is 12. The molecule has 0 spiro atoms. The summed E-state index contributed by atoms with van der Waals surface area (Å²) in [6, 6.07) is 0. The lowest BCUT2D eigenvalue weighted by molar-refractivity contribution is -0.255. The van der Waals surface area contributed by atoms with Crippen molar-refractivity contribution in [3.05, 3.63) is 47.6 Å². The Labute approximate surface area is 709 Å². The van der Waals surface area contributed by atoms with Crippen LogP contribution in [0.2, 0.25) is 0 Å². The molecule has 0 aromatic carbocycles. The first-order valence-corrected chi connectivity index (χ1v) is 38.2. The van der Waals surface area contributed by atoms with E-state index in [1.54, 1.807) is 0 Å². The third-order valence-electron chi connectivity index (χ3n) is 17.9. The van der Waals surface area contributed by atoms with Gasteiger partial charge in [-0.2, -0.15) is 0 Å². The van der Waals surface area contributed by atoms with E-state index in [9.17, 15) is 76.7 Å². The smallest absolute Gasteiger partial charge is 0.303 e. The van der Waals surface area contributed by atoms with E-state index in [2.05, 4.69) is 41.2 Å². The molecule has 125 heavy (non-hydrogen) atoms. The highest BCUT2D eigenvalue weighted by atomic mass is 16.7. The van der Waals surface area contributed by atoms with E-state index < -0.39 is 303 Å². The van der Waals surface area contributed by atoms with Gasteiger partial charge in [0.2, 0.25) is 0 Å². The molecule has 4 aromatic heterocycles. The van der Waals surface area contributed by atoms with E-state index in [1.165, 1.54) is 24.8 Å². The molecule has 4 fully saturated rings. The fourth-order valence-corrected chi connectivity index (χ4v) is 13.6. The van der Waals surface area contributed by atoms with E-state index >= 15 is 0 Å². The summed E-state index contributed by atoms with van der Waals surface area (Å²) in [6.45, 7) is 9.87. The molecule has 0 amide bonds. The van der Waals surface area contributed by atoms with Crippen molar-refractivity contribution in [1.82, 2.24) is 60.0 Å². The topological polar surface area (TPSA) is 617 Å². The van der Waals surface area contributed by atoms with Crippen LogP contribution < -0.4 is 0 Å². The van der Waals surface area contributed by atoms with Crippen LogP contribution in [0.3, 0.4) is 0 Å². The second-order valence-corrected chi connectivity index (χ2v) is 28.6. The van der Waals surface area contributed by atoms with Gasteiger partial charge < -0.3 is 114 Å². The van der Waals surface area contributed by atoms with Gasteiger partial charge in [0.15, 0.2) is 73.2 Å². The first-order valence-electron chi connectivity index (χ1n) is 38.2. The Morgan fingerprint density at radius 3 is 0.568 bits per heavy atom. The summed E-state index contributed by atoms with van der Waals surface area (Å²) in [7, 11) is 0. The van der Waals surface area contributed by atoms with Crippen molar-refractivity contribution in [2.75, 3.05) is 52.9 Å². The molecule has 0 radical (unpaired) electrons. The monoisotopic (exact) mass is 1780 g/mol. The maximum absolute atomic E-state index is 12.9. The van der Waals surface area contributed by atoms with Crippen molar-refractivity contribution in [2.45, 2.75) is 260 Å². The zero-order valence-electron chi connectivity index (χ0n) is 70.5. The predicted molar refractivity (Wildman–Crippen MR) is 390 cm³/mol. The first-order chi connectivity index (χ1) is 59.1. The average molecular weight is 1780 g/mol. The van der Waals surface area contributed by atoms with Crippen LogP contribution in [0, 0.1) is 5.41 Å². The maximum atomic E-state index is 12.9. The Morgan fingerprint density at radius 2 is 0.408 bits per heavy atom. The van der Waals surface area contributed by atoms with Crippen LogP contribution in [0.1, 0.15) is 158 Å². The van der Waals surface area contributed by atoms with Gasteiger partial charge in [-0.1, -0.05) is 20.9 Å². The van der Waals surface area contributed by atoms with E-state index in [4.69, 9.17) is 114 Å². The summed E-state index contributed by atoms with van der Waals surface area (Å²) >= 11 is 0. The van der Waals surface area contributed by atoms with Crippen LogP contribution in [-0.2, 0) is 217 Å². The number of nitrogens with zero attached hydrogens (tertiary/aromatic N) is 12. The number of hydrogen-bond acceptors (Lipinski definition) is 48. The van der Waals surface area contributed by atoms with Gasteiger partial charge in [0, 0.05) is 111 Å². The van der Waals surface area contributed by atoms with Crippen LogP contribution in [0.25, 0.3) is 0 Å². The number of esters is 16. The van der Waals surface area contributed by atoms with Crippen LogP contribution in [-0.4, -0.2) is 306 Å². The van der Waals surface area contributed by atoms with Crippen molar-refractivity contribution in [3.63, 3.8) is 0 Å². The summed E-state index contributed by atoms with van der Waals surface area (Å²) in [5.41, 5.74) is -2.23. The van der Waals surface area contributed by atoms with Crippen LogP contribution in [0.4, 0.5) is 0 Å². The Bertz CT molecular complexity index is 3940. The van der Waals surface area contributed by atoms with Crippen molar-refractivity contribution in [2.24, 2.45) is 5.41 Å². The van der Waals surface area contributed by atoms with Gasteiger partial charge in [-0.05, 0) is 0 Å². The normalized spacial score (nSPS) is 25.9. The van der Waals surface area contributed by atoms with Crippen molar-refractivity contribution in [3.8, 4) is 0 Å². The Morgan fingerprint density at radius 1 is 0.248 bits per heavy atom. The van der Waals surface area contributed by atoms with Gasteiger partial charge in [0.1, 0.15) is 125 Å². The molecule has 8 rings (SSSR count). The lowest BCUT2D eigenvalue weighted by atomic mass is 9.92. The molecule has 0 saturated carbocycles. The minimum atomic E-state index is -1.71. The summed E-state index contributed by atoms with van der Waals surface area (Å²) in [6.07, 6.45) is -25.9. The highest BCUT2D eigenvalue weighted by Gasteiger charge is 2.58. The van der Waals surface area contributed by atoms with Crippen LogP contribution >= 0.6 is 0 Å². The molecule has 0 unspecified atom stereocenters. The second kappa shape index (κ2) is 45.4. The summed E-state index contributed by atoms with van der Waals surface area (Å²) < 4.78 is 144. The highest BCUT2D eigenvalue weighted by molar-refractivity contribution is 5.73. The van der Waals surface area contributed by atoms with Gasteiger partial charge in [-0.15, -0.1) is 20.4 Å². The molecular weight excluding hydrogens is 1680 g/mol. The molecular formula is C73H96N12O40. The molecule has 20 atom stereocenters. The highest BCUT2D eigenvalue weighted by Crippen LogP contribution is 2.42. The van der Waals surface area contributed by atoms with Gasteiger partial charge in [0.25, 0.3) is 0 Å². The number of hydrogen-bond donors (Lipinski definition) is 0. The van der Waals surface area contributed by atoms with Gasteiger partial charge in [-0.3, -0.25) is 76.7 Å². The number of rotatable bonds is 40. The Balaban J connectivity index is 1.21. The predicted octanol–water partition coefficient (Wildman–Crippen LogP) is -1.77. The molecule has 4 aromatic rings. The zero-order valence-corrected chi connectivity index (χ0v) is 70.5. The first kappa shape index (κ1) is 98.2. The lowest BCUT2D eigenvalue weighted by Gasteiger charge is -2.43. The van der Waals surface area contributed by atoms with Crippen LogP contribution in [0.15, 0.2) is 24.8 Å². The zero-order chi connectivity index (χ0) is 91.8. The van der Waals surface area contributed by atoms with Crippen LogP contribution in [0.5, 0.6) is 0 Å². The largest absolute Gasteiger partial charge is 0.463 e.